The van der Waals surface area contributed by atoms with E-state index in [0.29, 0.717) is 11.1 Å². The van der Waals surface area contributed by atoms with Crippen LogP contribution in [0.5, 0.6) is 0 Å². The van der Waals surface area contributed by atoms with Gasteiger partial charge in [0.25, 0.3) is 0 Å². The first-order chi connectivity index (χ1) is 7.74. The number of nitrogens with one attached hydrogen (secondary N) is 1. The molecule has 1 N–H and O–H groups in total. The molecule has 0 saturated carbocycles. The number of halogens is 2. The summed E-state index contributed by atoms with van der Waals surface area (Å²) in [5, 5.41) is 3.73. The fourth-order valence-corrected chi connectivity index (χ4v) is 3.45. The van der Waals surface area contributed by atoms with E-state index in [9.17, 15) is 4.39 Å². The van der Waals surface area contributed by atoms with Gasteiger partial charge >= 0.3 is 0 Å². The van der Waals surface area contributed by atoms with E-state index in [1.54, 1.807) is 0 Å². The van der Waals surface area contributed by atoms with Crippen LogP contribution < -0.4 is 5.32 Å². The van der Waals surface area contributed by atoms with Gasteiger partial charge in [0, 0.05) is 11.8 Å². The Morgan fingerprint density at radius 1 is 1.56 bits per heavy atom. The monoisotopic (exact) mass is 259 g/mol. The first-order valence-corrected chi connectivity index (χ1v) is 7.05. The Kier molecular flexibility index (Phi) is 4.11. The second-order valence-electron chi connectivity index (χ2n) is 3.88. The Morgan fingerprint density at radius 2 is 2.38 bits per heavy atom. The van der Waals surface area contributed by atoms with Crippen molar-refractivity contribution in [3.05, 3.63) is 34.1 Å². The summed E-state index contributed by atoms with van der Waals surface area (Å²) >= 11 is 7.85. The highest BCUT2D eigenvalue weighted by molar-refractivity contribution is 7.98. The van der Waals surface area contributed by atoms with E-state index in [0.717, 1.165) is 30.0 Å². The zero-order valence-corrected chi connectivity index (χ0v) is 10.8. The standard InChI is InChI=1S/C12H15ClFNS/c1-2-15-11-5-6-16-7-9-8(11)3-4-10(14)12(9)13/h3-4,11,15H,2,5-7H2,1H3. The lowest BCUT2D eigenvalue weighted by Gasteiger charge is -2.18. The third-order valence-corrected chi connectivity index (χ3v) is 4.28. The molecule has 0 aromatic heterocycles. The lowest BCUT2D eigenvalue weighted by atomic mass is 9.99. The van der Waals surface area contributed by atoms with Crippen LogP contribution in [0.25, 0.3) is 0 Å². The van der Waals surface area contributed by atoms with E-state index in [-0.39, 0.29) is 5.82 Å². The average molecular weight is 260 g/mol. The van der Waals surface area contributed by atoms with Crippen LogP contribution in [0.3, 0.4) is 0 Å². The van der Waals surface area contributed by atoms with Gasteiger partial charge < -0.3 is 5.32 Å². The summed E-state index contributed by atoms with van der Waals surface area (Å²) in [5.41, 5.74) is 2.13. The largest absolute Gasteiger partial charge is 0.310 e. The maximum atomic E-state index is 13.4. The van der Waals surface area contributed by atoms with E-state index in [1.807, 2.05) is 17.8 Å². The first-order valence-electron chi connectivity index (χ1n) is 5.52. The number of benzene rings is 1. The summed E-state index contributed by atoms with van der Waals surface area (Å²) < 4.78 is 13.4. The third-order valence-electron chi connectivity index (χ3n) is 2.86. The van der Waals surface area contributed by atoms with Crippen molar-refractivity contribution < 1.29 is 4.39 Å². The van der Waals surface area contributed by atoms with Gasteiger partial charge in [0.2, 0.25) is 0 Å². The lowest BCUT2D eigenvalue weighted by Crippen LogP contribution is -2.21. The summed E-state index contributed by atoms with van der Waals surface area (Å²) in [7, 11) is 0. The van der Waals surface area contributed by atoms with E-state index in [2.05, 4.69) is 12.2 Å². The van der Waals surface area contributed by atoms with Gasteiger partial charge in [0.15, 0.2) is 0 Å². The number of hydrogen-bond donors (Lipinski definition) is 1. The molecule has 0 saturated heterocycles. The average Bonchev–Trinajstić information content (AvgIpc) is 2.48. The minimum Gasteiger partial charge on any atom is -0.310 e. The lowest BCUT2D eigenvalue weighted by molar-refractivity contribution is 0.538. The predicted octanol–water partition coefficient (Wildman–Crippen LogP) is 3.77. The number of rotatable bonds is 2. The molecular formula is C12H15ClFNS. The Labute approximate surface area is 105 Å². The number of hydrogen-bond acceptors (Lipinski definition) is 2. The molecule has 1 nitrogen and oxygen atoms in total. The summed E-state index contributed by atoms with van der Waals surface area (Å²) in [6, 6.07) is 3.66. The number of fused-ring (bicyclic) bond motifs is 1. The van der Waals surface area contributed by atoms with Crippen LogP contribution in [-0.4, -0.2) is 12.3 Å². The third kappa shape index (κ3) is 2.36. The predicted molar refractivity (Wildman–Crippen MR) is 68.6 cm³/mol. The van der Waals surface area contributed by atoms with Crippen LogP contribution in [0.1, 0.15) is 30.5 Å². The normalized spacial score (nSPS) is 20.3. The molecule has 88 valence electrons. The van der Waals surface area contributed by atoms with Gasteiger partial charge in [-0.3, -0.25) is 0 Å². The van der Waals surface area contributed by atoms with Crippen LogP contribution >= 0.6 is 23.4 Å². The van der Waals surface area contributed by atoms with E-state index < -0.39 is 0 Å². The van der Waals surface area contributed by atoms with Gasteiger partial charge in [-0.25, -0.2) is 4.39 Å². The molecule has 1 aliphatic rings. The molecule has 1 heterocycles. The SMILES string of the molecule is CCNC1CCSCc2c1ccc(F)c2Cl. The fraction of sp³-hybridized carbons (Fsp3) is 0.500. The molecule has 1 aliphatic heterocycles. The molecular weight excluding hydrogens is 245 g/mol. The van der Waals surface area contributed by atoms with Crippen molar-refractivity contribution in [2.24, 2.45) is 0 Å². The Hall–Kier alpha value is -0.250. The minimum absolute atomic E-state index is 0.301. The molecule has 16 heavy (non-hydrogen) atoms. The molecule has 1 aromatic rings. The highest BCUT2D eigenvalue weighted by atomic mass is 35.5. The van der Waals surface area contributed by atoms with Gasteiger partial charge in [-0.15, -0.1) is 0 Å². The van der Waals surface area contributed by atoms with Crippen LogP contribution in [0.15, 0.2) is 12.1 Å². The molecule has 0 spiro atoms. The zero-order valence-electron chi connectivity index (χ0n) is 9.22. The van der Waals surface area contributed by atoms with E-state index in [4.69, 9.17) is 11.6 Å². The minimum atomic E-state index is -0.307. The quantitative estimate of drug-likeness (QED) is 0.868. The van der Waals surface area contributed by atoms with Crippen molar-refractivity contribution in [3.8, 4) is 0 Å². The Balaban J connectivity index is 2.42. The molecule has 4 heteroatoms. The van der Waals surface area contributed by atoms with Crippen LogP contribution in [0.4, 0.5) is 4.39 Å². The molecule has 1 aromatic carbocycles. The Bertz CT molecular complexity index is 384. The molecule has 0 fully saturated rings. The van der Waals surface area contributed by atoms with Gasteiger partial charge in [-0.1, -0.05) is 24.6 Å². The summed E-state index contributed by atoms with van der Waals surface area (Å²) in [4.78, 5) is 0. The van der Waals surface area contributed by atoms with Crippen LogP contribution in [0.2, 0.25) is 5.02 Å². The zero-order chi connectivity index (χ0) is 11.5. The van der Waals surface area contributed by atoms with Gasteiger partial charge in [-0.05, 0) is 35.9 Å². The highest BCUT2D eigenvalue weighted by Gasteiger charge is 2.21. The number of thioether (sulfide) groups is 1. The van der Waals surface area contributed by atoms with Crippen molar-refractivity contribution in [1.82, 2.24) is 5.32 Å². The van der Waals surface area contributed by atoms with Crippen molar-refractivity contribution in [3.63, 3.8) is 0 Å². The maximum absolute atomic E-state index is 13.4. The topological polar surface area (TPSA) is 12.0 Å². The van der Waals surface area contributed by atoms with Crippen molar-refractivity contribution in [2.45, 2.75) is 25.1 Å². The van der Waals surface area contributed by atoms with Gasteiger partial charge in [0.05, 0.1) is 5.02 Å². The molecule has 0 aliphatic carbocycles. The Morgan fingerprint density at radius 3 is 3.12 bits per heavy atom. The summed E-state index contributed by atoms with van der Waals surface area (Å²) in [6.07, 6.45) is 1.08. The molecule has 1 unspecified atom stereocenters. The smallest absolute Gasteiger partial charge is 0.142 e. The van der Waals surface area contributed by atoms with E-state index in [1.165, 1.54) is 11.6 Å². The van der Waals surface area contributed by atoms with E-state index >= 15 is 0 Å². The van der Waals surface area contributed by atoms with Crippen molar-refractivity contribution >= 4 is 23.4 Å². The molecule has 0 amide bonds. The molecule has 0 radical (unpaired) electrons. The second kappa shape index (κ2) is 5.39. The first kappa shape index (κ1) is 12.2. The molecule has 1 atom stereocenters. The maximum Gasteiger partial charge on any atom is 0.142 e. The van der Waals surface area contributed by atoms with Crippen molar-refractivity contribution in [1.29, 1.82) is 0 Å². The van der Waals surface area contributed by atoms with Crippen LogP contribution in [-0.2, 0) is 5.75 Å². The van der Waals surface area contributed by atoms with Gasteiger partial charge in [-0.2, -0.15) is 11.8 Å². The fourth-order valence-electron chi connectivity index (χ4n) is 2.07. The van der Waals surface area contributed by atoms with Crippen molar-refractivity contribution in [2.75, 3.05) is 12.3 Å². The molecule has 0 bridgehead atoms. The summed E-state index contributed by atoms with van der Waals surface area (Å²) in [6.45, 7) is 3.01. The summed E-state index contributed by atoms with van der Waals surface area (Å²) in [5.74, 6) is 1.59. The molecule has 2 rings (SSSR count). The van der Waals surface area contributed by atoms with Gasteiger partial charge in [0.1, 0.15) is 5.82 Å². The second-order valence-corrected chi connectivity index (χ2v) is 5.36. The van der Waals surface area contributed by atoms with Crippen LogP contribution in [0, 0.1) is 5.82 Å². The highest BCUT2D eigenvalue weighted by Crippen LogP contribution is 2.35.